The highest BCUT2D eigenvalue weighted by atomic mass is 16.6. The number of rotatable bonds is 3. The van der Waals surface area contributed by atoms with E-state index >= 15 is 0 Å². The molecule has 2 rings (SSSR count). The Morgan fingerprint density at radius 2 is 1.59 bits per heavy atom. The molecule has 2 unspecified atom stereocenters. The van der Waals surface area contributed by atoms with E-state index in [1.54, 1.807) is 0 Å². The van der Waals surface area contributed by atoms with E-state index in [2.05, 4.69) is 38.3 Å². The molecule has 0 aliphatic heterocycles. The van der Waals surface area contributed by atoms with E-state index in [1.165, 1.54) is 6.42 Å². The molecule has 22 heavy (non-hydrogen) atoms. The van der Waals surface area contributed by atoms with Crippen molar-refractivity contribution < 1.29 is 9.53 Å². The van der Waals surface area contributed by atoms with Crippen molar-refractivity contribution in [1.82, 2.24) is 10.6 Å². The number of amides is 1. The van der Waals surface area contributed by atoms with Crippen LogP contribution in [0.1, 0.15) is 74.1 Å². The van der Waals surface area contributed by atoms with Crippen LogP contribution in [0.15, 0.2) is 0 Å². The minimum Gasteiger partial charge on any atom is -0.444 e. The van der Waals surface area contributed by atoms with Gasteiger partial charge in [0.25, 0.3) is 0 Å². The van der Waals surface area contributed by atoms with E-state index < -0.39 is 5.60 Å². The molecule has 1 amide bonds. The van der Waals surface area contributed by atoms with Gasteiger partial charge in [0.1, 0.15) is 5.60 Å². The zero-order chi connectivity index (χ0) is 16.8. The first kappa shape index (κ1) is 17.6. The molecule has 2 saturated carbocycles. The predicted molar refractivity (Wildman–Crippen MR) is 89.9 cm³/mol. The number of alkyl carbamates (subject to hydrolysis) is 1. The molecular formula is C18H34N2O2. The summed E-state index contributed by atoms with van der Waals surface area (Å²) < 4.78 is 5.36. The fraction of sp³-hybridized carbons (Fsp3) is 0.944. The number of carbonyl (C=O) groups excluding carboxylic acids is 1. The molecule has 2 N–H and O–H groups in total. The summed E-state index contributed by atoms with van der Waals surface area (Å²) in [6.45, 7) is 15.0. The van der Waals surface area contributed by atoms with Gasteiger partial charge in [-0.2, -0.15) is 0 Å². The maximum atomic E-state index is 11.9. The number of nitrogens with one attached hydrogen (secondary N) is 2. The quantitative estimate of drug-likeness (QED) is 0.832. The lowest BCUT2D eigenvalue weighted by atomic mass is 9.90. The summed E-state index contributed by atoms with van der Waals surface area (Å²) >= 11 is 0. The fourth-order valence-corrected chi connectivity index (χ4v) is 3.80. The molecule has 0 radical (unpaired) electrons. The summed E-state index contributed by atoms with van der Waals surface area (Å²) in [6, 6.07) is 1.30. The second-order valence-electron chi connectivity index (χ2n) is 9.25. The Kier molecular flexibility index (Phi) is 4.55. The molecule has 2 aliphatic rings. The van der Waals surface area contributed by atoms with Gasteiger partial charge in [0.15, 0.2) is 0 Å². The van der Waals surface area contributed by atoms with Crippen LogP contribution in [0.2, 0.25) is 0 Å². The minimum absolute atomic E-state index is 0.228. The van der Waals surface area contributed by atoms with Crippen molar-refractivity contribution in [1.29, 1.82) is 0 Å². The summed E-state index contributed by atoms with van der Waals surface area (Å²) in [4.78, 5) is 11.9. The van der Waals surface area contributed by atoms with Gasteiger partial charge in [0.05, 0.1) is 0 Å². The number of ether oxygens (including phenoxy) is 1. The largest absolute Gasteiger partial charge is 0.444 e. The normalized spacial score (nSPS) is 30.7. The minimum atomic E-state index is -0.432. The van der Waals surface area contributed by atoms with Gasteiger partial charge in [-0.05, 0) is 57.3 Å². The van der Waals surface area contributed by atoms with E-state index in [-0.39, 0.29) is 12.1 Å². The molecule has 0 heterocycles. The molecule has 128 valence electrons. The Balaban J connectivity index is 1.82. The molecule has 0 aromatic carbocycles. The smallest absolute Gasteiger partial charge is 0.407 e. The van der Waals surface area contributed by atoms with Gasteiger partial charge in [0, 0.05) is 18.1 Å². The van der Waals surface area contributed by atoms with Crippen LogP contribution in [0.25, 0.3) is 0 Å². The van der Waals surface area contributed by atoms with Gasteiger partial charge >= 0.3 is 6.09 Å². The van der Waals surface area contributed by atoms with Crippen molar-refractivity contribution in [3.05, 3.63) is 0 Å². The average molecular weight is 310 g/mol. The highest BCUT2D eigenvalue weighted by Gasteiger charge is 2.64. The van der Waals surface area contributed by atoms with Gasteiger partial charge in [-0.15, -0.1) is 0 Å². The van der Waals surface area contributed by atoms with Gasteiger partial charge in [0.2, 0.25) is 0 Å². The van der Waals surface area contributed by atoms with Gasteiger partial charge < -0.3 is 15.4 Å². The van der Waals surface area contributed by atoms with Gasteiger partial charge in [-0.25, -0.2) is 4.79 Å². The van der Waals surface area contributed by atoms with Crippen LogP contribution in [0.3, 0.4) is 0 Å². The Hall–Kier alpha value is -0.770. The summed E-state index contributed by atoms with van der Waals surface area (Å²) in [6.07, 6.45) is 4.13. The van der Waals surface area contributed by atoms with Crippen LogP contribution in [-0.2, 0) is 4.74 Å². The fourth-order valence-electron chi connectivity index (χ4n) is 3.80. The Bertz CT molecular complexity index is 409. The zero-order valence-corrected chi connectivity index (χ0v) is 15.4. The van der Waals surface area contributed by atoms with E-state index in [0.29, 0.717) is 22.9 Å². The first-order chi connectivity index (χ1) is 9.93. The number of carbonyl (C=O) groups is 1. The van der Waals surface area contributed by atoms with Crippen LogP contribution in [0.4, 0.5) is 4.79 Å². The molecule has 0 spiro atoms. The van der Waals surface area contributed by atoms with Crippen LogP contribution in [0.5, 0.6) is 0 Å². The average Bonchev–Trinajstić information content (AvgIpc) is 2.69. The first-order valence-electron chi connectivity index (χ1n) is 8.69. The third-order valence-electron chi connectivity index (χ3n) is 5.82. The predicted octanol–water partition coefficient (Wildman–Crippen LogP) is 3.85. The lowest BCUT2D eigenvalue weighted by molar-refractivity contribution is 0.0488. The molecule has 0 aromatic rings. The van der Waals surface area contributed by atoms with Crippen LogP contribution in [-0.4, -0.2) is 29.8 Å². The molecule has 0 bridgehead atoms. The molecule has 4 nitrogen and oxygen atoms in total. The lowest BCUT2D eigenvalue weighted by Gasteiger charge is -2.32. The maximum Gasteiger partial charge on any atom is 0.407 e. The van der Waals surface area contributed by atoms with Crippen molar-refractivity contribution >= 4 is 6.09 Å². The summed E-state index contributed by atoms with van der Waals surface area (Å²) in [5.41, 5.74) is 0.287. The van der Waals surface area contributed by atoms with Crippen molar-refractivity contribution in [2.45, 2.75) is 97.9 Å². The molecule has 0 saturated heterocycles. The van der Waals surface area contributed by atoms with E-state index in [4.69, 9.17) is 4.74 Å². The zero-order valence-electron chi connectivity index (χ0n) is 15.4. The number of hydrogen-bond donors (Lipinski definition) is 2. The Labute approximate surface area is 135 Å². The van der Waals surface area contributed by atoms with Crippen LogP contribution >= 0.6 is 0 Å². The van der Waals surface area contributed by atoms with E-state index in [0.717, 1.165) is 19.3 Å². The van der Waals surface area contributed by atoms with Crippen LogP contribution in [0, 0.1) is 10.8 Å². The van der Waals surface area contributed by atoms with Gasteiger partial charge in [-0.1, -0.05) is 27.7 Å². The Morgan fingerprint density at radius 1 is 1.05 bits per heavy atom. The summed E-state index contributed by atoms with van der Waals surface area (Å²) in [5.74, 6) is 0. The highest BCUT2D eigenvalue weighted by molar-refractivity contribution is 5.68. The number of hydrogen-bond acceptors (Lipinski definition) is 3. The van der Waals surface area contributed by atoms with Crippen molar-refractivity contribution in [2.75, 3.05) is 0 Å². The maximum absolute atomic E-state index is 11.9. The molecule has 2 atom stereocenters. The first-order valence-corrected chi connectivity index (χ1v) is 8.69. The monoisotopic (exact) mass is 310 g/mol. The Morgan fingerprint density at radius 3 is 2.09 bits per heavy atom. The summed E-state index contributed by atoms with van der Waals surface area (Å²) in [7, 11) is 0. The lowest BCUT2D eigenvalue weighted by Crippen LogP contribution is -2.46. The summed E-state index contributed by atoms with van der Waals surface area (Å²) in [5, 5.41) is 6.87. The van der Waals surface area contributed by atoms with Crippen molar-refractivity contribution in [2.24, 2.45) is 10.8 Å². The van der Waals surface area contributed by atoms with Gasteiger partial charge in [-0.3, -0.25) is 0 Å². The SMILES string of the molecule is CC(C)(C)OC(=O)NC1CCCC(NC2C(C)(C)C2(C)C)C1. The second-order valence-corrected chi connectivity index (χ2v) is 9.25. The molecule has 0 aromatic heterocycles. The topological polar surface area (TPSA) is 50.4 Å². The molecule has 2 fully saturated rings. The van der Waals surface area contributed by atoms with Crippen molar-refractivity contribution in [3.8, 4) is 0 Å². The molecule has 2 aliphatic carbocycles. The highest BCUT2D eigenvalue weighted by Crippen LogP contribution is 2.62. The molecule has 4 heteroatoms. The van der Waals surface area contributed by atoms with Crippen LogP contribution < -0.4 is 10.6 Å². The third-order valence-corrected chi connectivity index (χ3v) is 5.82. The standard InChI is InChI=1S/C18H34N2O2/c1-16(2,3)22-15(21)20-13-10-8-9-12(11-13)19-14-17(4,5)18(14,6)7/h12-14,19H,8-11H2,1-7H3,(H,20,21). The second kappa shape index (κ2) is 5.70. The van der Waals surface area contributed by atoms with E-state index in [1.807, 2.05) is 20.8 Å². The van der Waals surface area contributed by atoms with Crippen molar-refractivity contribution in [3.63, 3.8) is 0 Å². The third kappa shape index (κ3) is 3.76. The van der Waals surface area contributed by atoms with E-state index in [9.17, 15) is 4.79 Å². The molecular weight excluding hydrogens is 276 g/mol.